The highest BCUT2D eigenvalue weighted by Crippen LogP contribution is 2.43. The van der Waals surface area contributed by atoms with Crippen LogP contribution >= 0.6 is 7.82 Å². The molecule has 0 aromatic carbocycles. The molecular formula is C34H66NO10P. The molecule has 0 aromatic rings. The Labute approximate surface area is 278 Å². The van der Waals surface area contributed by atoms with Crippen LogP contribution in [-0.4, -0.2) is 59.9 Å². The van der Waals surface area contributed by atoms with E-state index in [-0.39, 0.29) is 19.4 Å². The lowest BCUT2D eigenvalue weighted by molar-refractivity contribution is -0.161. The van der Waals surface area contributed by atoms with Crippen LogP contribution in [0.5, 0.6) is 0 Å². The van der Waals surface area contributed by atoms with Crippen molar-refractivity contribution in [1.29, 1.82) is 0 Å². The van der Waals surface area contributed by atoms with Crippen LogP contribution in [0, 0.1) is 0 Å². The van der Waals surface area contributed by atoms with E-state index in [1.165, 1.54) is 89.9 Å². The van der Waals surface area contributed by atoms with Crippen LogP contribution in [0.3, 0.4) is 0 Å². The van der Waals surface area contributed by atoms with Crippen molar-refractivity contribution in [3.05, 3.63) is 0 Å². The largest absolute Gasteiger partial charge is 0.480 e. The molecule has 1 unspecified atom stereocenters. The highest BCUT2D eigenvalue weighted by atomic mass is 31.2. The summed E-state index contributed by atoms with van der Waals surface area (Å²) in [6.07, 6.45) is 24.7. The Bertz CT molecular complexity index is 813. The first kappa shape index (κ1) is 44.5. The quantitative estimate of drug-likeness (QED) is 0.0339. The summed E-state index contributed by atoms with van der Waals surface area (Å²) in [5.74, 6) is -2.37. The van der Waals surface area contributed by atoms with E-state index >= 15 is 0 Å². The molecule has 11 nitrogen and oxygen atoms in total. The Kier molecular flexibility index (Phi) is 29.8. The maximum Gasteiger partial charge on any atom is 0.472 e. The van der Waals surface area contributed by atoms with Gasteiger partial charge < -0.3 is 25.2 Å². The molecule has 0 aromatic heterocycles. The first-order valence-corrected chi connectivity index (χ1v) is 19.6. The van der Waals surface area contributed by atoms with Gasteiger partial charge in [-0.15, -0.1) is 0 Å². The molecule has 4 N–H and O–H groups in total. The topological polar surface area (TPSA) is 172 Å². The lowest BCUT2D eigenvalue weighted by atomic mass is 10.0. The summed E-state index contributed by atoms with van der Waals surface area (Å²) in [5, 5.41) is 8.83. The SMILES string of the molecule is CCCCCCCCCCCCCCCCC(=O)O[C@H](COC(=O)CCCCCCCCCC)COP(=O)(O)OC[C@H](N)C(=O)O. The van der Waals surface area contributed by atoms with Crippen LogP contribution in [0.1, 0.15) is 168 Å². The minimum atomic E-state index is -4.69. The van der Waals surface area contributed by atoms with E-state index in [1.807, 2.05) is 0 Å². The van der Waals surface area contributed by atoms with E-state index in [9.17, 15) is 23.8 Å². The van der Waals surface area contributed by atoms with Crippen LogP contribution < -0.4 is 5.73 Å². The molecule has 0 heterocycles. The van der Waals surface area contributed by atoms with E-state index in [2.05, 4.69) is 18.4 Å². The van der Waals surface area contributed by atoms with E-state index in [1.54, 1.807) is 0 Å². The molecule has 0 rings (SSSR count). The van der Waals surface area contributed by atoms with Gasteiger partial charge in [-0.2, -0.15) is 0 Å². The Morgan fingerprint density at radius 3 is 1.37 bits per heavy atom. The predicted molar refractivity (Wildman–Crippen MR) is 180 cm³/mol. The van der Waals surface area contributed by atoms with Crippen LogP contribution in [0.4, 0.5) is 0 Å². The summed E-state index contributed by atoms with van der Waals surface area (Å²) >= 11 is 0. The van der Waals surface area contributed by atoms with Gasteiger partial charge >= 0.3 is 25.7 Å². The van der Waals surface area contributed by atoms with Crippen molar-refractivity contribution in [3.63, 3.8) is 0 Å². The van der Waals surface area contributed by atoms with Gasteiger partial charge in [-0.05, 0) is 12.8 Å². The monoisotopic (exact) mass is 679 g/mol. The number of phosphoric ester groups is 1. The number of nitrogens with two attached hydrogens (primary N) is 1. The third-order valence-electron chi connectivity index (χ3n) is 7.86. The third-order valence-corrected chi connectivity index (χ3v) is 8.81. The van der Waals surface area contributed by atoms with Crippen molar-refractivity contribution < 1.29 is 47.5 Å². The third kappa shape index (κ3) is 29.9. The lowest BCUT2D eigenvalue weighted by Gasteiger charge is -2.20. The number of unbranched alkanes of at least 4 members (excludes halogenated alkanes) is 20. The highest BCUT2D eigenvalue weighted by Gasteiger charge is 2.28. The number of carbonyl (C=O) groups excluding carboxylic acids is 2. The fraction of sp³-hybridized carbons (Fsp3) is 0.912. The number of phosphoric acid groups is 1. The van der Waals surface area contributed by atoms with Gasteiger partial charge in [0, 0.05) is 12.8 Å². The number of rotatable bonds is 34. The van der Waals surface area contributed by atoms with E-state index in [4.69, 9.17) is 24.8 Å². The standard InChI is InChI=1S/C34H66NO10P/c1-3-5-7-9-11-13-14-15-16-17-18-20-22-24-26-33(37)45-30(28-43-46(40,41)44-29-31(35)34(38)39)27-42-32(36)25-23-21-19-12-10-8-6-4-2/h30-31H,3-29,35H2,1-2H3,(H,38,39)(H,40,41)/t30-,31+/m1/s1. The van der Waals surface area contributed by atoms with Crippen molar-refractivity contribution >= 4 is 25.7 Å². The van der Waals surface area contributed by atoms with Crippen LogP contribution in [-0.2, 0) is 37.5 Å². The van der Waals surface area contributed by atoms with E-state index in [0.717, 1.165) is 38.5 Å². The second-order valence-electron chi connectivity index (χ2n) is 12.4. The normalized spacial score (nSPS) is 14.0. The molecule has 0 bridgehead atoms. The summed E-state index contributed by atoms with van der Waals surface area (Å²) in [6, 6.07) is -1.51. The average molecular weight is 680 g/mol. The average Bonchev–Trinajstić information content (AvgIpc) is 3.02. The predicted octanol–water partition coefficient (Wildman–Crippen LogP) is 8.39. The number of carbonyl (C=O) groups is 3. The molecule has 0 saturated heterocycles. The summed E-state index contributed by atoms with van der Waals surface area (Å²) in [5.41, 5.74) is 5.30. The minimum Gasteiger partial charge on any atom is -0.480 e. The molecule has 46 heavy (non-hydrogen) atoms. The maximum atomic E-state index is 12.5. The van der Waals surface area contributed by atoms with Gasteiger partial charge in [0.25, 0.3) is 0 Å². The minimum absolute atomic E-state index is 0.168. The molecule has 0 aliphatic rings. The first-order chi connectivity index (χ1) is 22.1. The van der Waals surface area contributed by atoms with E-state index in [0.29, 0.717) is 12.8 Å². The second-order valence-corrected chi connectivity index (χ2v) is 13.8. The fourth-order valence-electron chi connectivity index (χ4n) is 4.95. The summed E-state index contributed by atoms with van der Waals surface area (Å²) in [6.45, 7) is 2.75. The van der Waals surface area contributed by atoms with Crippen LogP contribution in [0.15, 0.2) is 0 Å². The number of carboxylic acid groups (broad SMARTS) is 1. The fourth-order valence-corrected chi connectivity index (χ4v) is 5.72. The van der Waals surface area contributed by atoms with Crippen molar-refractivity contribution in [2.24, 2.45) is 5.73 Å². The molecule has 0 spiro atoms. The zero-order valence-corrected chi connectivity index (χ0v) is 29.8. The molecule has 0 aliphatic heterocycles. The van der Waals surface area contributed by atoms with Crippen LogP contribution in [0.2, 0.25) is 0 Å². The van der Waals surface area contributed by atoms with Gasteiger partial charge in [0.1, 0.15) is 12.6 Å². The zero-order chi connectivity index (χ0) is 34.3. The van der Waals surface area contributed by atoms with Crippen molar-refractivity contribution in [2.45, 2.75) is 180 Å². The molecule has 0 amide bonds. The number of hydrogen-bond acceptors (Lipinski definition) is 9. The van der Waals surface area contributed by atoms with Gasteiger partial charge in [0.05, 0.1) is 13.2 Å². The van der Waals surface area contributed by atoms with Gasteiger partial charge in [-0.3, -0.25) is 23.4 Å². The van der Waals surface area contributed by atoms with Crippen molar-refractivity contribution in [2.75, 3.05) is 19.8 Å². The van der Waals surface area contributed by atoms with Gasteiger partial charge in [-0.1, -0.05) is 142 Å². The highest BCUT2D eigenvalue weighted by molar-refractivity contribution is 7.47. The smallest absolute Gasteiger partial charge is 0.472 e. The Morgan fingerprint density at radius 2 is 0.957 bits per heavy atom. The van der Waals surface area contributed by atoms with E-state index < -0.39 is 51.1 Å². The van der Waals surface area contributed by atoms with Gasteiger partial charge in [0.15, 0.2) is 6.10 Å². The molecule has 0 radical (unpaired) electrons. The number of ether oxygens (including phenoxy) is 2. The molecule has 12 heteroatoms. The van der Waals surface area contributed by atoms with Crippen LogP contribution in [0.25, 0.3) is 0 Å². The zero-order valence-electron chi connectivity index (χ0n) is 28.9. The Balaban J connectivity index is 4.42. The number of aliphatic carboxylic acids is 1. The maximum absolute atomic E-state index is 12.5. The van der Waals surface area contributed by atoms with Crippen molar-refractivity contribution in [1.82, 2.24) is 0 Å². The molecular weight excluding hydrogens is 613 g/mol. The number of esters is 2. The summed E-state index contributed by atoms with van der Waals surface area (Å²) in [4.78, 5) is 45.5. The van der Waals surface area contributed by atoms with Gasteiger partial charge in [0.2, 0.25) is 0 Å². The molecule has 0 aliphatic carbocycles. The first-order valence-electron chi connectivity index (χ1n) is 18.1. The molecule has 3 atom stereocenters. The summed E-state index contributed by atoms with van der Waals surface area (Å²) in [7, 11) is -4.69. The summed E-state index contributed by atoms with van der Waals surface area (Å²) < 4.78 is 32.4. The number of carboxylic acids is 1. The second kappa shape index (κ2) is 30.8. The lowest BCUT2D eigenvalue weighted by Crippen LogP contribution is -2.34. The van der Waals surface area contributed by atoms with Gasteiger partial charge in [-0.25, -0.2) is 4.57 Å². The van der Waals surface area contributed by atoms with Crippen molar-refractivity contribution in [3.8, 4) is 0 Å². The Morgan fingerprint density at radius 1 is 0.587 bits per heavy atom. The number of hydrogen-bond donors (Lipinski definition) is 3. The Hall–Kier alpha value is -1.52. The molecule has 0 saturated carbocycles. The molecule has 0 fully saturated rings. The molecule has 272 valence electrons.